The maximum atomic E-state index is 16.1. The highest BCUT2D eigenvalue weighted by molar-refractivity contribution is 6.31. The van der Waals surface area contributed by atoms with Gasteiger partial charge in [0.05, 0.1) is 42.0 Å². The third-order valence-corrected chi connectivity index (χ3v) is 8.55. The van der Waals surface area contributed by atoms with Gasteiger partial charge in [-0.2, -0.15) is 5.26 Å². The van der Waals surface area contributed by atoms with E-state index in [4.69, 9.17) is 34.4 Å². The second kappa shape index (κ2) is 13.1. The zero-order valence-corrected chi connectivity index (χ0v) is 26.5. The van der Waals surface area contributed by atoms with Crippen molar-refractivity contribution in [3.05, 3.63) is 93.0 Å². The van der Waals surface area contributed by atoms with E-state index in [-0.39, 0.29) is 51.1 Å². The third kappa shape index (κ3) is 6.35. The number of carboxylic acids is 1. The number of nitriles is 1. The van der Waals surface area contributed by atoms with Crippen LogP contribution in [0.25, 0.3) is 0 Å². The number of terminal acetylenes is 1. The SMILES string of the molecule is C#CCN1[C@@H](CC(C)(C)C)[C@](C#N)(c2ccc(Cl)cc2F)[C@@H](c2cccc(Cl)c2F)[C@@H]1C(=O)Nc1ccc(C(=O)O)cc1OC. The van der Waals surface area contributed by atoms with Gasteiger partial charge in [0.25, 0.3) is 0 Å². The van der Waals surface area contributed by atoms with Crippen molar-refractivity contribution in [3.8, 4) is 24.2 Å². The normalized spacial score (nSPS) is 21.5. The summed E-state index contributed by atoms with van der Waals surface area (Å²) < 4.78 is 37.4. The van der Waals surface area contributed by atoms with Crippen LogP contribution >= 0.6 is 23.2 Å². The van der Waals surface area contributed by atoms with Gasteiger partial charge in [-0.1, -0.05) is 68.1 Å². The lowest BCUT2D eigenvalue weighted by Gasteiger charge is -2.39. The lowest BCUT2D eigenvalue weighted by Crippen LogP contribution is -2.48. The van der Waals surface area contributed by atoms with Crippen molar-refractivity contribution >= 4 is 40.8 Å². The van der Waals surface area contributed by atoms with Gasteiger partial charge in [-0.05, 0) is 53.8 Å². The molecule has 3 aromatic carbocycles. The number of rotatable bonds is 8. The number of carbonyl (C=O) groups is 2. The molecular weight excluding hydrogens is 623 g/mol. The number of benzene rings is 3. The van der Waals surface area contributed by atoms with E-state index in [0.29, 0.717) is 0 Å². The molecule has 0 saturated carbocycles. The van der Waals surface area contributed by atoms with Crippen molar-refractivity contribution in [1.29, 1.82) is 5.26 Å². The Morgan fingerprint density at radius 3 is 2.44 bits per heavy atom. The van der Waals surface area contributed by atoms with Gasteiger partial charge in [0, 0.05) is 22.5 Å². The lowest BCUT2D eigenvalue weighted by atomic mass is 9.62. The van der Waals surface area contributed by atoms with Gasteiger partial charge in [-0.3, -0.25) is 9.69 Å². The summed E-state index contributed by atoms with van der Waals surface area (Å²) in [5, 5.41) is 23.2. The first-order chi connectivity index (χ1) is 21.2. The molecule has 234 valence electrons. The Bertz CT molecular complexity index is 1730. The maximum Gasteiger partial charge on any atom is 0.335 e. The van der Waals surface area contributed by atoms with Crippen LogP contribution < -0.4 is 10.1 Å². The summed E-state index contributed by atoms with van der Waals surface area (Å²) in [5.41, 5.74) is -2.45. The average molecular weight is 655 g/mol. The fraction of sp³-hybridized carbons (Fsp3) is 0.324. The monoisotopic (exact) mass is 653 g/mol. The van der Waals surface area contributed by atoms with Crippen LogP contribution in [-0.4, -0.2) is 47.6 Å². The standard InChI is InChI=1S/C34H31Cl2F2N3O4/c1-6-14-41-27(17-33(2,3)4)34(18-39,22-12-11-20(35)16-24(22)37)28(21-8-7-9-23(36)29(21)38)30(41)31(42)40-25-13-10-19(32(43)44)15-26(25)45-5/h1,7-13,15-16,27-28,30H,14,17H2,2-5H3,(H,40,42)(H,43,44)/t27-,28-,30+,34-/m0/s1. The van der Waals surface area contributed by atoms with Gasteiger partial charge < -0.3 is 15.2 Å². The number of amides is 1. The molecule has 1 amide bonds. The molecule has 4 rings (SSSR count). The summed E-state index contributed by atoms with van der Waals surface area (Å²) in [6.07, 6.45) is 6.08. The molecule has 3 aromatic rings. The Morgan fingerprint density at radius 1 is 1.16 bits per heavy atom. The maximum absolute atomic E-state index is 16.1. The van der Waals surface area contributed by atoms with Gasteiger partial charge in [0.15, 0.2) is 0 Å². The molecule has 0 bridgehead atoms. The van der Waals surface area contributed by atoms with Crippen molar-refractivity contribution in [2.45, 2.75) is 50.6 Å². The molecular formula is C34H31Cl2F2N3O4. The van der Waals surface area contributed by atoms with E-state index < -0.39 is 52.3 Å². The molecule has 45 heavy (non-hydrogen) atoms. The Hall–Kier alpha value is -4.15. The summed E-state index contributed by atoms with van der Waals surface area (Å²) >= 11 is 12.4. The number of hydrogen-bond acceptors (Lipinski definition) is 5. The van der Waals surface area contributed by atoms with Crippen molar-refractivity contribution in [2.75, 3.05) is 19.0 Å². The van der Waals surface area contributed by atoms with Gasteiger partial charge >= 0.3 is 5.97 Å². The van der Waals surface area contributed by atoms with E-state index in [1.807, 2.05) is 20.8 Å². The summed E-state index contributed by atoms with van der Waals surface area (Å²) in [4.78, 5) is 27.6. The first-order valence-corrected chi connectivity index (χ1v) is 14.7. The van der Waals surface area contributed by atoms with E-state index in [1.165, 1.54) is 55.6 Å². The molecule has 1 aliphatic rings. The number of carboxylic acid groups (broad SMARTS) is 1. The van der Waals surface area contributed by atoms with E-state index >= 15 is 8.78 Å². The lowest BCUT2D eigenvalue weighted by molar-refractivity contribution is -0.121. The highest BCUT2D eigenvalue weighted by Crippen LogP contribution is 2.56. The van der Waals surface area contributed by atoms with Crippen molar-refractivity contribution in [1.82, 2.24) is 4.90 Å². The molecule has 4 atom stereocenters. The molecule has 0 unspecified atom stereocenters. The van der Waals surface area contributed by atoms with Gasteiger partial charge in [-0.25, -0.2) is 13.6 Å². The largest absolute Gasteiger partial charge is 0.495 e. The van der Waals surface area contributed by atoms with Crippen LogP contribution in [-0.2, 0) is 10.2 Å². The van der Waals surface area contributed by atoms with E-state index in [2.05, 4.69) is 17.3 Å². The Balaban J connectivity index is 2.06. The molecule has 0 spiro atoms. The smallest absolute Gasteiger partial charge is 0.335 e. The Kier molecular flexibility index (Phi) is 9.80. The second-order valence-electron chi connectivity index (χ2n) is 12.0. The fourth-order valence-corrected chi connectivity index (χ4v) is 6.60. The van der Waals surface area contributed by atoms with Gasteiger partial charge in [-0.15, -0.1) is 6.42 Å². The molecule has 1 saturated heterocycles. The zero-order chi connectivity index (χ0) is 33.3. The van der Waals surface area contributed by atoms with Crippen LogP contribution in [0.1, 0.15) is 54.6 Å². The number of likely N-dealkylation sites (tertiary alicyclic amines) is 1. The minimum Gasteiger partial charge on any atom is -0.495 e. The van der Waals surface area contributed by atoms with Crippen molar-refractivity contribution in [3.63, 3.8) is 0 Å². The highest BCUT2D eigenvalue weighted by atomic mass is 35.5. The van der Waals surface area contributed by atoms with Crippen LogP contribution in [0.5, 0.6) is 5.75 Å². The first kappa shape index (κ1) is 33.7. The van der Waals surface area contributed by atoms with E-state index in [9.17, 15) is 20.0 Å². The summed E-state index contributed by atoms with van der Waals surface area (Å²) in [6, 6.07) is 12.1. The van der Waals surface area contributed by atoms with E-state index in [0.717, 1.165) is 6.07 Å². The molecule has 0 aliphatic carbocycles. The summed E-state index contributed by atoms with van der Waals surface area (Å²) in [7, 11) is 1.31. The van der Waals surface area contributed by atoms with Crippen LogP contribution in [0.4, 0.5) is 14.5 Å². The zero-order valence-electron chi connectivity index (χ0n) is 25.0. The molecule has 1 fully saturated rings. The summed E-state index contributed by atoms with van der Waals surface area (Å²) in [5.74, 6) is -2.29. The molecule has 1 aliphatic heterocycles. The van der Waals surface area contributed by atoms with Crippen LogP contribution in [0.15, 0.2) is 54.6 Å². The van der Waals surface area contributed by atoms with Crippen LogP contribution in [0.3, 0.4) is 0 Å². The Labute approximate surface area is 270 Å². The fourth-order valence-electron chi connectivity index (χ4n) is 6.26. The molecule has 1 heterocycles. The number of ether oxygens (including phenoxy) is 1. The van der Waals surface area contributed by atoms with Crippen LogP contribution in [0.2, 0.25) is 10.0 Å². The van der Waals surface area contributed by atoms with Crippen molar-refractivity contribution in [2.24, 2.45) is 5.41 Å². The van der Waals surface area contributed by atoms with Crippen LogP contribution in [0, 0.1) is 40.7 Å². The third-order valence-electron chi connectivity index (χ3n) is 8.02. The molecule has 11 heteroatoms. The number of carbonyl (C=O) groups excluding carboxylic acids is 1. The van der Waals surface area contributed by atoms with E-state index in [1.54, 1.807) is 4.90 Å². The molecule has 0 radical (unpaired) electrons. The number of nitrogens with zero attached hydrogens (tertiary/aromatic N) is 2. The highest BCUT2D eigenvalue weighted by Gasteiger charge is 2.64. The topological polar surface area (TPSA) is 103 Å². The minimum atomic E-state index is -1.87. The number of anilines is 1. The molecule has 2 N–H and O–H groups in total. The van der Waals surface area contributed by atoms with Crippen molar-refractivity contribution < 1.29 is 28.2 Å². The number of methoxy groups -OCH3 is 1. The number of hydrogen-bond donors (Lipinski definition) is 2. The number of aromatic carboxylic acids is 1. The first-order valence-electron chi connectivity index (χ1n) is 13.9. The average Bonchev–Trinajstić information content (AvgIpc) is 3.23. The number of nitrogens with one attached hydrogen (secondary N) is 1. The number of halogens is 4. The minimum absolute atomic E-state index is 0.0526. The van der Waals surface area contributed by atoms with Gasteiger partial charge in [0.2, 0.25) is 5.91 Å². The second-order valence-corrected chi connectivity index (χ2v) is 12.9. The predicted molar refractivity (Wildman–Crippen MR) is 169 cm³/mol. The summed E-state index contributed by atoms with van der Waals surface area (Å²) in [6.45, 7) is 5.64. The quantitative estimate of drug-likeness (QED) is 0.248. The molecule has 7 nitrogen and oxygen atoms in total. The Morgan fingerprint density at radius 2 is 1.87 bits per heavy atom. The predicted octanol–water partition coefficient (Wildman–Crippen LogP) is 7.28. The molecule has 0 aromatic heterocycles. The van der Waals surface area contributed by atoms with Gasteiger partial charge in [0.1, 0.15) is 22.8 Å².